The second kappa shape index (κ2) is 5.32. The molecule has 18 heavy (non-hydrogen) atoms. The summed E-state index contributed by atoms with van der Waals surface area (Å²) in [5.74, 6) is 0. The minimum atomic E-state index is -1.60. The maximum atomic E-state index is 4.51. The van der Waals surface area contributed by atoms with E-state index in [2.05, 4.69) is 73.2 Å². The molecule has 0 radical (unpaired) electrons. The van der Waals surface area contributed by atoms with Gasteiger partial charge in [-0.05, 0) is 24.6 Å². The Morgan fingerprint density at radius 2 is 1.67 bits per heavy atom. The summed E-state index contributed by atoms with van der Waals surface area (Å²) in [6.45, 7) is 6.86. The molecule has 0 bridgehead atoms. The monoisotopic (exact) mass is 253 g/mol. The van der Waals surface area contributed by atoms with E-state index in [0.29, 0.717) is 0 Å². The van der Waals surface area contributed by atoms with Crippen molar-refractivity contribution < 1.29 is 0 Å². The molecule has 0 fully saturated rings. The number of aromatic nitrogens is 1. The number of pyridine rings is 1. The van der Waals surface area contributed by atoms with Gasteiger partial charge in [0, 0.05) is 11.5 Å². The van der Waals surface area contributed by atoms with Gasteiger partial charge >= 0.3 is 0 Å². The van der Waals surface area contributed by atoms with Crippen LogP contribution in [0.1, 0.15) is 12.5 Å². The highest BCUT2D eigenvalue weighted by Crippen LogP contribution is 2.17. The van der Waals surface area contributed by atoms with Crippen LogP contribution < -0.4 is 5.32 Å². The molecular weight excluding hydrogens is 234 g/mol. The lowest BCUT2D eigenvalue weighted by Crippen LogP contribution is -2.41. The minimum Gasteiger partial charge on any atom is -0.266 e. The van der Waals surface area contributed by atoms with Crippen LogP contribution in [0.15, 0.2) is 60.4 Å². The van der Waals surface area contributed by atoms with E-state index in [4.69, 9.17) is 0 Å². The Hall–Kier alpha value is -1.67. The standard InChI is InChI=1S/C16H19NSi/c1-14(15-9-5-4-6-10-15)13-18(2,3)16-11-7-8-12-17-16/h4-13H,1-3H3/b14-13+. The Bertz CT molecular complexity index is 530. The molecule has 0 N–H and O–H groups in total. The Kier molecular flexibility index (Phi) is 3.77. The zero-order valence-corrected chi connectivity index (χ0v) is 12.2. The van der Waals surface area contributed by atoms with Gasteiger partial charge in [0.05, 0.1) is 0 Å². The molecule has 2 aromatic rings. The first-order chi connectivity index (χ1) is 8.59. The summed E-state index contributed by atoms with van der Waals surface area (Å²) in [5, 5.41) is 1.24. The number of hydrogen-bond acceptors (Lipinski definition) is 1. The molecule has 1 aromatic heterocycles. The van der Waals surface area contributed by atoms with E-state index in [1.165, 1.54) is 16.5 Å². The number of benzene rings is 1. The Morgan fingerprint density at radius 3 is 2.28 bits per heavy atom. The average Bonchev–Trinajstić information content (AvgIpc) is 2.40. The second-order valence-electron chi connectivity index (χ2n) is 5.13. The second-order valence-corrected chi connectivity index (χ2v) is 9.37. The number of allylic oxidation sites excluding steroid dienone is 1. The van der Waals surface area contributed by atoms with Gasteiger partial charge in [-0.3, -0.25) is 4.98 Å². The van der Waals surface area contributed by atoms with E-state index in [0.717, 1.165) is 0 Å². The number of rotatable bonds is 3. The Morgan fingerprint density at radius 1 is 1.00 bits per heavy atom. The third kappa shape index (κ3) is 2.96. The lowest BCUT2D eigenvalue weighted by atomic mass is 10.1. The summed E-state index contributed by atoms with van der Waals surface area (Å²) in [5.41, 5.74) is 5.07. The highest BCUT2D eigenvalue weighted by atomic mass is 28.3. The van der Waals surface area contributed by atoms with Crippen LogP contribution >= 0.6 is 0 Å². The molecule has 0 aliphatic rings. The van der Waals surface area contributed by atoms with Gasteiger partial charge in [-0.2, -0.15) is 0 Å². The van der Waals surface area contributed by atoms with E-state index in [-0.39, 0.29) is 0 Å². The van der Waals surface area contributed by atoms with Crippen molar-refractivity contribution in [2.75, 3.05) is 0 Å². The molecule has 0 spiro atoms. The first kappa shape index (κ1) is 12.8. The van der Waals surface area contributed by atoms with E-state index in [1.807, 2.05) is 12.3 Å². The van der Waals surface area contributed by atoms with Crippen molar-refractivity contribution in [3.05, 3.63) is 66.0 Å². The third-order valence-electron chi connectivity index (χ3n) is 3.13. The minimum absolute atomic E-state index is 1.24. The fraction of sp³-hybridized carbons (Fsp3) is 0.188. The highest BCUT2D eigenvalue weighted by molar-refractivity contribution is 6.93. The molecule has 92 valence electrons. The summed E-state index contributed by atoms with van der Waals surface area (Å²) in [4.78, 5) is 4.51. The fourth-order valence-electron chi connectivity index (χ4n) is 2.14. The normalized spacial score (nSPS) is 12.5. The number of hydrogen-bond donors (Lipinski definition) is 0. The van der Waals surface area contributed by atoms with Gasteiger partial charge in [-0.1, -0.05) is 60.8 Å². The van der Waals surface area contributed by atoms with Crippen LogP contribution in [0, 0.1) is 0 Å². The molecule has 0 aliphatic carbocycles. The zero-order chi connectivity index (χ0) is 13.0. The summed E-state index contributed by atoms with van der Waals surface area (Å²) < 4.78 is 0. The van der Waals surface area contributed by atoms with Gasteiger partial charge in [0.15, 0.2) is 0 Å². The Labute approximate surface area is 110 Å². The zero-order valence-electron chi connectivity index (χ0n) is 11.2. The fourth-order valence-corrected chi connectivity index (χ4v) is 4.47. The molecule has 1 nitrogen and oxygen atoms in total. The van der Waals surface area contributed by atoms with Crippen LogP contribution in [0.2, 0.25) is 13.1 Å². The molecular formula is C16H19NSi. The van der Waals surface area contributed by atoms with E-state index in [9.17, 15) is 0 Å². The van der Waals surface area contributed by atoms with Crippen molar-refractivity contribution in [2.45, 2.75) is 20.0 Å². The predicted molar refractivity (Wildman–Crippen MR) is 81.4 cm³/mol. The van der Waals surface area contributed by atoms with E-state index in [1.54, 1.807) is 0 Å². The van der Waals surface area contributed by atoms with Gasteiger partial charge < -0.3 is 0 Å². The van der Waals surface area contributed by atoms with Crippen molar-refractivity contribution in [3.8, 4) is 0 Å². The Balaban J connectivity index is 2.32. The first-order valence-electron chi connectivity index (χ1n) is 6.26. The molecule has 0 saturated heterocycles. The van der Waals surface area contributed by atoms with Crippen molar-refractivity contribution >= 4 is 19.0 Å². The topological polar surface area (TPSA) is 12.9 Å². The summed E-state index contributed by atoms with van der Waals surface area (Å²) in [6, 6.07) is 16.7. The maximum Gasteiger partial charge on any atom is 0.128 e. The SMILES string of the molecule is C/C(=C\[Si](C)(C)c1ccccn1)c1ccccc1. The van der Waals surface area contributed by atoms with Gasteiger partial charge in [0.2, 0.25) is 0 Å². The van der Waals surface area contributed by atoms with Crippen LogP contribution in [0.3, 0.4) is 0 Å². The summed E-state index contributed by atoms with van der Waals surface area (Å²) in [7, 11) is -1.60. The lowest BCUT2D eigenvalue weighted by Gasteiger charge is -2.18. The molecule has 0 saturated carbocycles. The van der Waals surface area contributed by atoms with Crippen molar-refractivity contribution in [2.24, 2.45) is 0 Å². The third-order valence-corrected chi connectivity index (χ3v) is 5.90. The van der Waals surface area contributed by atoms with Crippen LogP contribution in [-0.4, -0.2) is 13.1 Å². The predicted octanol–water partition coefficient (Wildman–Crippen LogP) is 3.64. The molecule has 2 rings (SSSR count). The van der Waals surface area contributed by atoms with Crippen LogP contribution in [0.4, 0.5) is 0 Å². The van der Waals surface area contributed by atoms with Gasteiger partial charge in [0.25, 0.3) is 0 Å². The smallest absolute Gasteiger partial charge is 0.128 e. The van der Waals surface area contributed by atoms with Crippen molar-refractivity contribution in [1.82, 2.24) is 4.98 Å². The lowest BCUT2D eigenvalue weighted by molar-refractivity contribution is 1.37. The van der Waals surface area contributed by atoms with Crippen LogP contribution in [0.25, 0.3) is 5.57 Å². The molecule has 0 unspecified atom stereocenters. The van der Waals surface area contributed by atoms with Crippen LogP contribution in [0.5, 0.6) is 0 Å². The van der Waals surface area contributed by atoms with Crippen molar-refractivity contribution in [3.63, 3.8) is 0 Å². The molecule has 2 heteroatoms. The molecule has 0 aliphatic heterocycles. The summed E-state index contributed by atoms with van der Waals surface area (Å²) in [6.07, 6.45) is 1.88. The van der Waals surface area contributed by atoms with Gasteiger partial charge in [0.1, 0.15) is 8.07 Å². The number of nitrogens with zero attached hydrogens (tertiary/aromatic N) is 1. The van der Waals surface area contributed by atoms with E-state index >= 15 is 0 Å². The summed E-state index contributed by atoms with van der Waals surface area (Å²) >= 11 is 0. The molecule has 0 atom stereocenters. The van der Waals surface area contributed by atoms with E-state index < -0.39 is 8.07 Å². The maximum absolute atomic E-state index is 4.51. The van der Waals surface area contributed by atoms with Crippen molar-refractivity contribution in [1.29, 1.82) is 0 Å². The highest BCUT2D eigenvalue weighted by Gasteiger charge is 2.22. The molecule has 1 aromatic carbocycles. The van der Waals surface area contributed by atoms with Crippen LogP contribution in [-0.2, 0) is 0 Å². The first-order valence-corrected chi connectivity index (χ1v) is 9.34. The van der Waals surface area contributed by atoms with Gasteiger partial charge in [-0.15, -0.1) is 0 Å². The molecule has 1 heterocycles. The largest absolute Gasteiger partial charge is 0.266 e. The van der Waals surface area contributed by atoms with Gasteiger partial charge in [-0.25, -0.2) is 0 Å². The quantitative estimate of drug-likeness (QED) is 0.761. The average molecular weight is 253 g/mol. The molecule has 0 amide bonds.